The van der Waals surface area contributed by atoms with E-state index in [9.17, 15) is 0 Å². The second-order valence-electron chi connectivity index (χ2n) is 5.73. The van der Waals surface area contributed by atoms with Crippen molar-refractivity contribution in [2.24, 2.45) is 5.92 Å². The zero-order valence-electron chi connectivity index (χ0n) is 12.1. The Labute approximate surface area is 125 Å². The molecule has 0 aromatic heterocycles. The lowest BCUT2D eigenvalue weighted by molar-refractivity contribution is 0.373. The second kappa shape index (κ2) is 7.33. The number of hydrogen-bond donors (Lipinski definition) is 0. The Bertz CT molecular complexity index is 394. The largest absolute Gasteiger partial charge is 0.497 e. The normalized spacial score (nSPS) is 19.5. The Morgan fingerprint density at radius 3 is 2.32 bits per heavy atom. The fourth-order valence-electron chi connectivity index (χ4n) is 3.12. The van der Waals surface area contributed by atoms with E-state index >= 15 is 0 Å². The van der Waals surface area contributed by atoms with Gasteiger partial charge in [0.1, 0.15) is 5.75 Å². The first kappa shape index (κ1) is 14.9. The summed E-state index contributed by atoms with van der Waals surface area (Å²) in [6.07, 6.45) is 9.77. The van der Waals surface area contributed by atoms with Gasteiger partial charge in [-0.1, -0.05) is 54.1 Å². The summed E-state index contributed by atoms with van der Waals surface area (Å²) in [7, 11) is 1.73. The SMILES string of the molecule is COc1ccc(C(Br)C2CCCCCCC2)c(C)c1. The van der Waals surface area contributed by atoms with E-state index in [1.165, 1.54) is 56.1 Å². The van der Waals surface area contributed by atoms with Crippen LogP contribution in [0.15, 0.2) is 18.2 Å². The number of halogens is 1. The van der Waals surface area contributed by atoms with E-state index in [2.05, 4.69) is 41.1 Å². The predicted molar refractivity (Wildman–Crippen MR) is 85.2 cm³/mol. The highest BCUT2D eigenvalue weighted by atomic mass is 79.9. The van der Waals surface area contributed by atoms with E-state index in [1.807, 2.05) is 0 Å². The van der Waals surface area contributed by atoms with Crippen LogP contribution in [0.5, 0.6) is 5.75 Å². The molecule has 0 radical (unpaired) electrons. The van der Waals surface area contributed by atoms with Crippen LogP contribution in [0.3, 0.4) is 0 Å². The minimum atomic E-state index is 0.497. The Kier molecular flexibility index (Phi) is 5.75. The lowest BCUT2D eigenvalue weighted by Gasteiger charge is -2.26. The first-order valence-corrected chi connectivity index (χ1v) is 8.42. The molecule has 1 fully saturated rings. The van der Waals surface area contributed by atoms with Gasteiger partial charge in [-0.05, 0) is 48.9 Å². The van der Waals surface area contributed by atoms with E-state index in [0.29, 0.717) is 4.83 Å². The number of methoxy groups -OCH3 is 1. The predicted octanol–water partition coefficient (Wildman–Crippen LogP) is 5.80. The van der Waals surface area contributed by atoms with Gasteiger partial charge in [0.2, 0.25) is 0 Å². The van der Waals surface area contributed by atoms with Crippen molar-refractivity contribution in [1.29, 1.82) is 0 Å². The van der Waals surface area contributed by atoms with Crippen molar-refractivity contribution in [3.05, 3.63) is 29.3 Å². The number of ether oxygens (including phenoxy) is 1. The highest BCUT2D eigenvalue weighted by Gasteiger charge is 2.22. The maximum atomic E-state index is 5.30. The van der Waals surface area contributed by atoms with E-state index < -0.39 is 0 Å². The average molecular weight is 325 g/mol. The van der Waals surface area contributed by atoms with Crippen LogP contribution in [-0.4, -0.2) is 7.11 Å². The molecule has 1 nitrogen and oxygen atoms in total. The molecule has 0 N–H and O–H groups in total. The van der Waals surface area contributed by atoms with Crippen LogP contribution in [0.4, 0.5) is 0 Å². The average Bonchev–Trinajstić information content (AvgIpc) is 2.37. The zero-order valence-corrected chi connectivity index (χ0v) is 13.7. The molecule has 0 heterocycles. The second-order valence-corrected chi connectivity index (χ2v) is 6.72. The number of benzene rings is 1. The molecule has 1 aliphatic rings. The molecular formula is C17H25BrO. The van der Waals surface area contributed by atoms with Crippen molar-refractivity contribution >= 4 is 15.9 Å². The number of hydrogen-bond acceptors (Lipinski definition) is 1. The molecule has 1 saturated carbocycles. The fraction of sp³-hybridized carbons (Fsp3) is 0.647. The molecule has 2 heteroatoms. The van der Waals surface area contributed by atoms with Gasteiger partial charge in [0.25, 0.3) is 0 Å². The molecule has 1 aromatic rings. The number of alkyl halides is 1. The van der Waals surface area contributed by atoms with Crippen LogP contribution in [-0.2, 0) is 0 Å². The summed E-state index contributed by atoms with van der Waals surface area (Å²) in [5.74, 6) is 1.74. The smallest absolute Gasteiger partial charge is 0.119 e. The zero-order chi connectivity index (χ0) is 13.7. The third kappa shape index (κ3) is 3.98. The van der Waals surface area contributed by atoms with E-state index in [4.69, 9.17) is 4.74 Å². The van der Waals surface area contributed by atoms with Gasteiger partial charge in [0, 0.05) is 4.83 Å². The van der Waals surface area contributed by atoms with E-state index in [-0.39, 0.29) is 0 Å². The van der Waals surface area contributed by atoms with Gasteiger partial charge in [0.15, 0.2) is 0 Å². The number of aryl methyl sites for hydroxylation is 1. The van der Waals surface area contributed by atoms with Gasteiger partial charge in [-0.15, -0.1) is 0 Å². The van der Waals surface area contributed by atoms with Crippen LogP contribution in [0, 0.1) is 12.8 Å². The molecule has 0 bridgehead atoms. The summed E-state index contributed by atoms with van der Waals surface area (Å²) in [6.45, 7) is 2.19. The highest BCUT2D eigenvalue weighted by molar-refractivity contribution is 9.09. The summed E-state index contributed by atoms with van der Waals surface area (Å²) in [5.41, 5.74) is 2.77. The highest BCUT2D eigenvalue weighted by Crippen LogP contribution is 2.40. The molecule has 1 aromatic carbocycles. The van der Waals surface area contributed by atoms with E-state index in [0.717, 1.165) is 11.7 Å². The summed E-state index contributed by atoms with van der Waals surface area (Å²) in [6, 6.07) is 6.46. The maximum absolute atomic E-state index is 5.30. The molecule has 2 rings (SSSR count). The van der Waals surface area contributed by atoms with Crippen molar-refractivity contribution in [3.8, 4) is 5.75 Å². The Morgan fingerprint density at radius 2 is 1.74 bits per heavy atom. The van der Waals surface area contributed by atoms with Crippen molar-refractivity contribution in [2.45, 2.75) is 56.7 Å². The molecule has 0 amide bonds. The van der Waals surface area contributed by atoms with Gasteiger partial charge in [-0.2, -0.15) is 0 Å². The summed E-state index contributed by atoms with van der Waals surface area (Å²) >= 11 is 3.96. The summed E-state index contributed by atoms with van der Waals surface area (Å²) in [5, 5.41) is 0. The molecule has 19 heavy (non-hydrogen) atoms. The van der Waals surface area contributed by atoms with Crippen LogP contribution in [0.25, 0.3) is 0 Å². The van der Waals surface area contributed by atoms with Gasteiger partial charge >= 0.3 is 0 Å². The minimum absolute atomic E-state index is 0.497. The van der Waals surface area contributed by atoms with Crippen LogP contribution in [0.2, 0.25) is 0 Å². The molecule has 0 aliphatic heterocycles. The van der Waals surface area contributed by atoms with E-state index in [1.54, 1.807) is 7.11 Å². The fourth-order valence-corrected chi connectivity index (χ4v) is 4.16. The Morgan fingerprint density at radius 1 is 1.11 bits per heavy atom. The first-order chi connectivity index (χ1) is 9.22. The van der Waals surface area contributed by atoms with Crippen LogP contribution < -0.4 is 4.74 Å². The molecular weight excluding hydrogens is 300 g/mol. The van der Waals surface area contributed by atoms with Gasteiger partial charge in [0.05, 0.1) is 7.11 Å². The van der Waals surface area contributed by atoms with Crippen molar-refractivity contribution in [3.63, 3.8) is 0 Å². The molecule has 106 valence electrons. The van der Waals surface area contributed by atoms with Crippen LogP contribution in [0.1, 0.15) is 60.9 Å². The summed E-state index contributed by atoms with van der Waals surface area (Å²) in [4.78, 5) is 0.497. The van der Waals surface area contributed by atoms with Crippen molar-refractivity contribution in [1.82, 2.24) is 0 Å². The van der Waals surface area contributed by atoms with Crippen molar-refractivity contribution in [2.75, 3.05) is 7.11 Å². The minimum Gasteiger partial charge on any atom is -0.497 e. The molecule has 1 aliphatic carbocycles. The third-order valence-electron chi connectivity index (χ3n) is 4.34. The topological polar surface area (TPSA) is 9.23 Å². The third-order valence-corrected chi connectivity index (χ3v) is 5.58. The monoisotopic (exact) mass is 324 g/mol. The first-order valence-electron chi connectivity index (χ1n) is 7.51. The van der Waals surface area contributed by atoms with Gasteiger partial charge in [-0.25, -0.2) is 0 Å². The Hall–Kier alpha value is -0.500. The lowest BCUT2D eigenvalue weighted by atomic mass is 9.85. The van der Waals surface area contributed by atoms with Gasteiger partial charge in [-0.3, -0.25) is 0 Å². The molecule has 1 atom stereocenters. The maximum Gasteiger partial charge on any atom is 0.119 e. The Balaban J connectivity index is 2.10. The standard InChI is InChI=1S/C17H25BrO/c1-13-12-15(19-2)10-11-16(13)17(18)14-8-6-4-3-5-7-9-14/h10-12,14,17H,3-9H2,1-2H3. The quantitative estimate of drug-likeness (QED) is 0.638. The van der Waals surface area contributed by atoms with Crippen LogP contribution >= 0.6 is 15.9 Å². The van der Waals surface area contributed by atoms with Crippen molar-refractivity contribution < 1.29 is 4.74 Å². The molecule has 0 saturated heterocycles. The number of rotatable bonds is 3. The summed E-state index contributed by atoms with van der Waals surface area (Å²) < 4.78 is 5.30. The van der Waals surface area contributed by atoms with Gasteiger partial charge < -0.3 is 4.74 Å². The molecule has 0 spiro atoms. The molecule has 1 unspecified atom stereocenters. The lowest BCUT2D eigenvalue weighted by Crippen LogP contribution is -2.11.